The number of anilines is 2. The first-order valence-electron chi connectivity index (χ1n) is 5.82. The topological polar surface area (TPSA) is 114 Å². The highest BCUT2D eigenvalue weighted by atomic mass is 16.5. The molecule has 1 aliphatic heterocycles. The van der Waals surface area contributed by atoms with E-state index in [0.717, 1.165) is 0 Å². The van der Waals surface area contributed by atoms with Gasteiger partial charge in [0.25, 0.3) is 11.8 Å². The van der Waals surface area contributed by atoms with Crippen molar-refractivity contribution in [1.29, 1.82) is 0 Å². The van der Waals surface area contributed by atoms with E-state index in [9.17, 15) is 14.7 Å². The standard InChI is InChI=1S/C12H15N3O4/c1-6-11(17)15-8-4-7(2-3-10(8)19-6)14-12(18)9(16)5-13/h2-4,6,9,16H,5,13H2,1H3,(H,14,18)(H,15,17). The Bertz CT molecular complexity index is 518. The SMILES string of the molecule is CC1Oc2ccc(NC(=O)C(O)CN)cc2NC1=O. The van der Waals surface area contributed by atoms with E-state index < -0.39 is 18.1 Å². The largest absolute Gasteiger partial charge is 0.479 e. The molecule has 0 spiro atoms. The number of fused-ring (bicyclic) bond motifs is 1. The van der Waals surface area contributed by atoms with Gasteiger partial charge in [0.15, 0.2) is 6.10 Å². The number of amides is 2. The van der Waals surface area contributed by atoms with E-state index in [2.05, 4.69) is 10.6 Å². The Labute approximate surface area is 109 Å². The molecular weight excluding hydrogens is 250 g/mol. The number of nitrogens with two attached hydrogens (primary N) is 1. The maximum atomic E-state index is 11.5. The molecule has 0 aliphatic carbocycles. The second kappa shape index (κ2) is 5.25. The fraction of sp³-hybridized carbons (Fsp3) is 0.333. The highest BCUT2D eigenvalue weighted by molar-refractivity contribution is 5.99. The average molecular weight is 265 g/mol. The van der Waals surface area contributed by atoms with Crippen molar-refractivity contribution in [3.8, 4) is 5.75 Å². The smallest absolute Gasteiger partial charge is 0.265 e. The van der Waals surface area contributed by atoms with Gasteiger partial charge in [-0.2, -0.15) is 0 Å². The molecule has 1 aromatic rings. The lowest BCUT2D eigenvalue weighted by molar-refractivity contribution is -0.123. The van der Waals surface area contributed by atoms with E-state index in [1.54, 1.807) is 25.1 Å². The Kier molecular flexibility index (Phi) is 3.68. The molecule has 5 N–H and O–H groups in total. The minimum atomic E-state index is -1.26. The number of hydrogen-bond donors (Lipinski definition) is 4. The third-order valence-corrected chi connectivity index (χ3v) is 2.70. The summed E-state index contributed by atoms with van der Waals surface area (Å²) in [5.74, 6) is -0.318. The van der Waals surface area contributed by atoms with Gasteiger partial charge < -0.3 is 26.2 Å². The van der Waals surface area contributed by atoms with Gasteiger partial charge in [-0.25, -0.2) is 0 Å². The second-order valence-electron chi connectivity index (χ2n) is 4.20. The molecule has 2 rings (SSSR count). The van der Waals surface area contributed by atoms with E-state index >= 15 is 0 Å². The molecule has 7 heteroatoms. The maximum Gasteiger partial charge on any atom is 0.265 e. The minimum absolute atomic E-state index is 0.159. The monoisotopic (exact) mass is 265 g/mol. The van der Waals surface area contributed by atoms with Gasteiger partial charge in [0.05, 0.1) is 5.69 Å². The van der Waals surface area contributed by atoms with Crippen LogP contribution in [0.3, 0.4) is 0 Å². The number of aliphatic hydroxyl groups excluding tert-OH is 1. The molecule has 0 aromatic heterocycles. The third-order valence-electron chi connectivity index (χ3n) is 2.70. The highest BCUT2D eigenvalue weighted by Crippen LogP contribution is 2.32. The summed E-state index contributed by atoms with van der Waals surface area (Å²) in [6, 6.07) is 4.81. The number of carbonyl (C=O) groups is 2. The zero-order valence-electron chi connectivity index (χ0n) is 10.3. The van der Waals surface area contributed by atoms with Gasteiger partial charge in [0, 0.05) is 12.2 Å². The van der Waals surface area contributed by atoms with Crippen LogP contribution in [0.4, 0.5) is 11.4 Å². The van der Waals surface area contributed by atoms with Gasteiger partial charge in [-0.3, -0.25) is 9.59 Å². The molecule has 7 nitrogen and oxygen atoms in total. The molecule has 19 heavy (non-hydrogen) atoms. The van der Waals surface area contributed by atoms with Crippen LogP contribution in [0.25, 0.3) is 0 Å². The lowest BCUT2D eigenvalue weighted by atomic mass is 10.2. The van der Waals surface area contributed by atoms with Crippen molar-refractivity contribution in [2.24, 2.45) is 5.73 Å². The van der Waals surface area contributed by atoms with Gasteiger partial charge in [0.1, 0.15) is 11.9 Å². The first-order chi connectivity index (χ1) is 9.01. The number of hydrogen-bond acceptors (Lipinski definition) is 5. The molecule has 2 amide bonds. The lowest BCUT2D eigenvalue weighted by Crippen LogP contribution is -2.35. The first-order valence-corrected chi connectivity index (χ1v) is 5.82. The molecule has 0 radical (unpaired) electrons. The molecule has 1 heterocycles. The predicted octanol–water partition coefficient (Wildman–Crippen LogP) is -0.336. The van der Waals surface area contributed by atoms with Crippen molar-refractivity contribution in [3.05, 3.63) is 18.2 Å². The van der Waals surface area contributed by atoms with Crippen molar-refractivity contribution >= 4 is 23.2 Å². The van der Waals surface area contributed by atoms with Crippen molar-refractivity contribution in [2.45, 2.75) is 19.1 Å². The van der Waals surface area contributed by atoms with Crippen LogP contribution in [-0.4, -0.2) is 35.7 Å². The summed E-state index contributed by atoms with van der Waals surface area (Å²) in [4.78, 5) is 22.9. The van der Waals surface area contributed by atoms with Crippen LogP contribution in [0.2, 0.25) is 0 Å². The summed E-state index contributed by atoms with van der Waals surface area (Å²) in [5, 5.41) is 14.4. The molecule has 1 aliphatic rings. The third kappa shape index (κ3) is 2.83. The average Bonchev–Trinajstić information content (AvgIpc) is 2.39. The van der Waals surface area contributed by atoms with Crippen LogP contribution < -0.4 is 21.1 Å². The maximum absolute atomic E-state index is 11.5. The van der Waals surface area contributed by atoms with Gasteiger partial charge in [0.2, 0.25) is 0 Å². The van der Waals surface area contributed by atoms with E-state index in [1.165, 1.54) is 0 Å². The van der Waals surface area contributed by atoms with Gasteiger partial charge in [-0.05, 0) is 25.1 Å². The molecule has 0 saturated heterocycles. The predicted molar refractivity (Wildman–Crippen MR) is 68.9 cm³/mol. The fourth-order valence-electron chi connectivity index (χ4n) is 1.62. The molecule has 0 bridgehead atoms. The number of rotatable bonds is 3. The molecule has 0 fully saturated rings. The van der Waals surface area contributed by atoms with Crippen molar-refractivity contribution < 1.29 is 19.4 Å². The quantitative estimate of drug-likeness (QED) is 0.597. The summed E-state index contributed by atoms with van der Waals surface area (Å²) in [6.45, 7) is 1.49. The van der Waals surface area contributed by atoms with Crippen LogP contribution in [0, 0.1) is 0 Å². The van der Waals surface area contributed by atoms with E-state index in [-0.39, 0.29) is 12.5 Å². The van der Waals surface area contributed by atoms with E-state index in [1.807, 2.05) is 0 Å². The summed E-state index contributed by atoms with van der Waals surface area (Å²) < 4.78 is 5.38. The van der Waals surface area contributed by atoms with Crippen molar-refractivity contribution in [3.63, 3.8) is 0 Å². The van der Waals surface area contributed by atoms with Crippen LogP contribution in [0.15, 0.2) is 18.2 Å². The summed E-state index contributed by atoms with van der Waals surface area (Å²) in [7, 11) is 0. The van der Waals surface area contributed by atoms with Crippen molar-refractivity contribution in [2.75, 3.05) is 17.2 Å². The Morgan fingerprint density at radius 2 is 2.37 bits per heavy atom. The van der Waals surface area contributed by atoms with Gasteiger partial charge >= 0.3 is 0 Å². The zero-order chi connectivity index (χ0) is 14.0. The van der Waals surface area contributed by atoms with Gasteiger partial charge in [-0.1, -0.05) is 0 Å². The zero-order valence-corrected chi connectivity index (χ0v) is 10.3. The minimum Gasteiger partial charge on any atom is -0.479 e. The first kappa shape index (κ1) is 13.3. The fourth-order valence-corrected chi connectivity index (χ4v) is 1.62. The Morgan fingerprint density at radius 3 is 3.05 bits per heavy atom. The van der Waals surface area contributed by atoms with Crippen LogP contribution in [0.1, 0.15) is 6.92 Å². The molecule has 102 valence electrons. The van der Waals surface area contributed by atoms with E-state index in [0.29, 0.717) is 17.1 Å². The summed E-state index contributed by atoms with van der Waals surface area (Å²) in [6.07, 6.45) is -1.81. The molecular formula is C12H15N3O4. The van der Waals surface area contributed by atoms with E-state index in [4.69, 9.17) is 10.5 Å². The Hall–Kier alpha value is -2.12. The normalized spacial score (nSPS) is 18.9. The molecule has 1 aromatic carbocycles. The number of nitrogens with one attached hydrogen (secondary N) is 2. The number of aliphatic hydroxyl groups is 1. The van der Waals surface area contributed by atoms with Crippen LogP contribution in [0.5, 0.6) is 5.75 Å². The Balaban J connectivity index is 2.15. The molecule has 0 saturated carbocycles. The summed E-state index contributed by atoms with van der Waals surface area (Å²) in [5.41, 5.74) is 6.10. The lowest BCUT2D eigenvalue weighted by Gasteiger charge is -2.23. The summed E-state index contributed by atoms with van der Waals surface area (Å²) >= 11 is 0. The van der Waals surface area contributed by atoms with Crippen molar-refractivity contribution in [1.82, 2.24) is 0 Å². The number of benzene rings is 1. The Morgan fingerprint density at radius 1 is 1.63 bits per heavy atom. The number of ether oxygens (including phenoxy) is 1. The molecule has 2 unspecified atom stereocenters. The molecule has 2 atom stereocenters. The van der Waals surface area contributed by atoms with Gasteiger partial charge in [-0.15, -0.1) is 0 Å². The van der Waals surface area contributed by atoms with Crippen LogP contribution in [-0.2, 0) is 9.59 Å². The number of carbonyl (C=O) groups excluding carboxylic acids is 2. The second-order valence-corrected chi connectivity index (χ2v) is 4.20. The highest BCUT2D eigenvalue weighted by Gasteiger charge is 2.24. The van der Waals surface area contributed by atoms with Crippen LogP contribution >= 0.6 is 0 Å².